The predicted molar refractivity (Wildman–Crippen MR) is 122 cm³/mol. The first-order chi connectivity index (χ1) is 14.6. The van der Waals surface area contributed by atoms with Gasteiger partial charge in [-0.25, -0.2) is 0 Å². The molecule has 0 saturated carbocycles. The average Bonchev–Trinajstić information content (AvgIpc) is 2.76. The van der Waals surface area contributed by atoms with E-state index in [-0.39, 0.29) is 18.4 Å². The van der Waals surface area contributed by atoms with Crippen molar-refractivity contribution < 1.29 is 14.3 Å². The third kappa shape index (κ3) is 5.94. The van der Waals surface area contributed by atoms with E-state index in [4.69, 9.17) is 4.74 Å². The fourth-order valence-corrected chi connectivity index (χ4v) is 3.42. The molecule has 0 aliphatic carbocycles. The van der Waals surface area contributed by atoms with Gasteiger partial charge in [-0.2, -0.15) is 0 Å². The van der Waals surface area contributed by atoms with E-state index < -0.39 is 0 Å². The van der Waals surface area contributed by atoms with Crippen LogP contribution in [0.2, 0.25) is 0 Å². The lowest BCUT2D eigenvalue weighted by Crippen LogP contribution is -2.33. The first-order valence-corrected chi connectivity index (χ1v) is 10.5. The fraction of sp³-hybridized carbons (Fsp3) is 0.167. The predicted octanol–water partition coefficient (Wildman–Crippen LogP) is 4.96. The zero-order valence-corrected chi connectivity index (χ0v) is 18.2. The maximum absolute atomic E-state index is 12.6. The number of hydrogen-bond donors (Lipinski definition) is 2. The van der Waals surface area contributed by atoms with E-state index in [9.17, 15) is 9.59 Å². The Balaban J connectivity index is 1.59. The smallest absolute Gasteiger partial charge is 0.255 e. The van der Waals surface area contributed by atoms with Gasteiger partial charge in [-0.1, -0.05) is 65.3 Å². The summed E-state index contributed by atoms with van der Waals surface area (Å²) in [4.78, 5) is 24.9. The Morgan fingerprint density at radius 3 is 2.53 bits per heavy atom. The molecule has 0 bridgehead atoms. The van der Waals surface area contributed by atoms with E-state index in [1.54, 1.807) is 24.3 Å². The second-order valence-corrected chi connectivity index (χ2v) is 7.57. The van der Waals surface area contributed by atoms with Crippen molar-refractivity contribution in [3.63, 3.8) is 0 Å². The molecule has 0 radical (unpaired) electrons. The number of nitrogens with one attached hydrogen (secondary N) is 2. The van der Waals surface area contributed by atoms with Gasteiger partial charge in [-0.05, 0) is 47.9 Å². The van der Waals surface area contributed by atoms with Crippen LogP contribution in [0.15, 0.2) is 77.3 Å². The Morgan fingerprint density at radius 1 is 0.967 bits per heavy atom. The summed E-state index contributed by atoms with van der Waals surface area (Å²) in [5.74, 6) is -0.178. The van der Waals surface area contributed by atoms with Crippen LogP contribution in [0, 0.1) is 0 Å². The minimum absolute atomic E-state index is 0.128. The maximum atomic E-state index is 12.6. The number of carbonyl (C=O) groups excluding carboxylic acids is 2. The minimum atomic E-state index is -0.362. The summed E-state index contributed by atoms with van der Waals surface area (Å²) in [5.41, 5.74) is 3.17. The van der Waals surface area contributed by atoms with Gasteiger partial charge in [-0.15, -0.1) is 0 Å². The standard InChI is InChI=1S/C24H23BrN2O3/c1-2-18-9-3-5-12-21(18)27-23(28)15-26-24(29)20-11-4-6-13-22(20)30-16-17-8-7-10-19(25)14-17/h3-14H,2,15-16H2,1H3,(H,26,29)(H,27,28). The van der Waals surface area contributed by atoms with Gasteiger partial charge in [0.1, 0.15) is 12.4 Å². The number of rotatable bonds is 8. The summed E-state index contributed by atoms with van der Waals surface area (Å²) >= 11 is 3.44. The summed E-state index contributed by atoms with van der Waals surface area (Å²) in [6.07, 6.45) is 0.811. The molecule has 0 spiro atoms. The van der Waals surface area contributed by atoms with Crippen LogP contribution in [0.5, 0.6) is 5.75 Å². The van der Waals surface area contributed by atoms with E-state index in [1.807, 2.05) is 55.5 Å². The van der Waals surface area contributed by atoms with Crippen LogP contribution < -0.4 is 15.4 Å². The van der Waals surface area contributed by atoms with Gasteiger partial charge in [0.25, 0.3) is 5.91 Å². The second-order valence-electron chi connectivity index (χ2n) is 6.66. The molecule has 6 heteroatoms. The monoisotopic (exact) mass is 466 g/mol. The number of anilines is 1. The lowest BCUT2D eigenvalue weighted by Gasteiger charge is -2.13. The molecule has 154 valence electrons. The van der Waals surface area contributed by atoms with Crippen molar-refractivity contribution in [3.8, 4) is 5.75 Å². The Bertz CT molecular complexity index is 1040. The summed E-state index contributed by atoms with van der Waals surface area (Å²) in [7, 11) is 0. The van der Waals surface area contributed by atoms with Gasteiger partial charge < -0.3 is 15.4 Å². The summed E-state index contributed by atoms with van der Waals surface area (Å²) in [5, 5.41) is 5.51. The fourth-order valence-electron chi connectivity index (χ4n) is 2.97. The number of carbonyl (C=O) groups is 2. The van der Waals surface area contributed by atoms with Crippen molar-refractivity contribution in [1.29, 1.82) is 0 Å². The molecule has 0 heterocycles. The summed E-state index contributed by atoms with van der Waals surface area (Å²) in [6, 6.07) is 22.4. The number of ether oxygens (including phenoxy) is 1. The van der Waals surface area contributed by atoms with E-state index in [0.29, 0.717) is 17.9 Å². The van der Waals surface area contributed by atoms with Gasteiger partial charge >= 0.3 is 0 Å². The second kappa shape index (κ2) is 10.6. The highest BCUT2D eigenvalue weighted by molar-refractivity contribution is 9.10. The van der Waals surface area contributed by atoms with Crippen molar-refractivity contribution in [2.45, 2.75) is 20.0 Å². The molecule has 0 saturated heterocycles. The molecular weight excluding hydrogens is 444 g/mol. The lowest BCUT2D eigenvalue weighted by molar-refractivity contribution is -0.115. The van der Waals surface area contributed by atoms with Crippen molar-refractivity contribution in [2.75, 3.05) is 11.9 Å². The van der Waals surface area contributed by atoms with Crippen molar-refractivity contribution in [3.05, 3.63) is 94.0 Å². The molecule has 0 atom stereocenters. The molecule has 2 N–H and O–H groups in total. The quantitative estimate of drug-likeness (QED) is 0.492. The summed E-state index contributed by atoms with van der Waals surface area (Å²) < 4.78 is 6.81. The molecule has 30 heavy (non-hydrogen) atoms. The first kappa shape index (κ1) is 21.6. The number of para-hydroxylation sites is 2. The molecule has 0 fully saturated rings. The van der Waals surface area contributed by atoms with Crippen molar-refractivity contribution >= 4 is 33.4 Å². The van der Waals surface area contributed by atoms with Crippen LogP contribution in [-0.4, -0.2) is 18.4 Å². The Kier molecular flexibility index (Phi) is 7.63. The third-order valence-corrected chi connectivity index (χ3v) is 4.99. The largest absolute Gasteiger partial charge is 0.488 e. The van der Waals surface area contributed by atoms with E-state index in [1.165, 1.54) is 0 Å². The number of aryl methyl sites for hydroxylation is 1. The van der Waals surface area contributed by atoms with Crippen LogP contribution >= 0.6 is 15.9 Å². The molecule has 0 aromatic heterocycles. The zero-order chi connectivity index (χ0) is 21.3. The number of halogens is 1. The minimum Gasteiger partial charge on any atom is -0.488 e. The van der Waals surface area contributed by atoms with E-state index in [2.05, 4.69) is 26.6 Å². The number of benzene rings is 3. The molecule has 3 rings (SSSR count). The zero-order valence-electron chi connectivity index (χ0n) is 16.7. The molecule has 0 aliphatic heterocycles. The summed E-state index contributed by atoms with van der Waals surface area (Å²) in [6.45, 7) is 2.23. The van der Waals surface area contributed by atoms with Crippen LogP contribution in [0.25, 0.3) is 0 Å². The highest BCUT2D eigenvalue weighted by atomic mass is 79.9. The van der Waals surface area contributed by atoms with Gasteiger partial charge in [0, 0.05) is 10.2 Å². The number of hydrogen-bond acceptors (Lipinski definition) is 3. The topological polar surface area (TPSA) is 67.4 Å². The molecular formula is C24H23BrN2O3. The lowest BCUT2D eigenvalue weighted by atomic mass is 10.1. The van der Waals surface area contributed by atoms with Gasteiger partial charge in [0.05, 0.1) is 12.1 Å². The Hall–Kier alpha value is -3.12. The van der Waals surface area contributed by atoms with E-state index in [0.717, 1.165) is 27.7 Å². The van der Waals surface area contributed by atoms with Crippen LogP contribution in [-0.2, 0) is 17.8 Å². The molecule has 0 unspecified atom stereocenters. The van der Waals surface area contributed by atoms with E-state index >= 15 is 0 Å². The first-order valence-electron chi connectivity index (χ1n) is 9.69. The van der Waals surface area contributed by atoms with Crippen molar-refractivity contribution in [2.24, 2.45) is 0 Å². The third-order valence-electron chi connectivity index (χ3n) is 4.50. The SMILES string of the molecule is CCc1ccccc1NC(=O)CNC(=O)c1ccccc1OCc1cccc(Br)c1. The highest BCUT2D eigenvalue weighted by Gasteiger charge is 2.14. The normalized spacial score (nSPS) is 10.3. The van der Waals surface area contributed by atoms with Crippen LogP contribution in [0.1, 0.15) is 28.4 Å². The van der Waals surface area contributed by atoms with Crippen molar-refractivity contribution in [1.82, 2.24) is 5.32 Å². The molecule has 2 amide bonds. The molecule has 5 nitrogen and oxygen atoms in total. The van der Waals surface area contributed by atoms with Crippen LogP contribution in [0.4, 0.5) is 5.69 Å². The highest BCUT2D eigenvalue weighted by Crippen LogP contribution is 2.20. The Labute approximate surface area is 184 Å². The van der Waals surface area contributed by atoms with Crippen LogP contribution in [0.3, 0.4) is 0 Å². The van der Waals surface area contributed by atoms with Gasteiger partial charge in [0.15, 0.2) is 0 Å². The Morgan fingerprint density at radius 2 is 1.73 bits per heavy atom. The molecule has 3 aromatic carbocycles. The van der Waals surface area contributed by atoms with Gasteiger partial charge in [-0.3, -0.25) is 9.59 Å². The number of amides is 2. The molecule has 3 aromatic rings. The average molecular weight is 467 g/mol. The molecule has 0 aliphatic rings. The van der Waals surface area contributed by atoms with Gasteiger partial charge in [0.2, 0.25) is 5.91 Å². The maximum Gasteiger partial charge on any atom is 0.255 e.